The molecular formula is C18H23ClF3NO4. The lowest BCUT2D eigenvalue weighted by Gasteiger charge is -2.46. The Kier molecular flexibility index (Phi) is 6.10. The van der Waals surface area contributed by atoms with Gasteiger partial charge >= 0.3 is 6.36 Å². The molecule has 0 saturated carbocycles. The highest BCUT2D eigenvalue weighted by Crippen LogP contribution is 2.41. The van der Waals surface area contributed by atoms with Gasteiger partial charge in [-0.25, -0.2) is 0 Å². The Bertz CT molecular complexity index is 638. The molecule has 152 valence electrons. The number of ether oxygens (including phenoxy) is 2. The summed E-state index contributed by atoms with van der Waals surface area (Å²) in [6.45, 7) is 1.72. The smallest absolute Gasteiger partial charge is 0.406 e. The van der Waals surface area contributed by atoms with E-state index in [0.29, 0.717) is 36.8 Å². The molecule has 2 aliphatic rings. The topological polar surface area (TPSA) is 62.2 Å². The summed E-state index contributed by atoms with van der Waals surface area (Å²) in [5, 5.41) is 18.5. The number of alkyl halides is 3. The molecule has 2 fully saturated rings. The number of aliphatic hydroxyl groups excluding tert-OH is 1. The van der Waals surface area contributed by atoms with Gasteiger partial charge in [0.1, 0.15) is 5.75 Å². The number of anilines is 1. The van der Waals surface area contributed by atoms with Crippen molar-refractivity contribution in [1.82, 2.24) is 0 Å². The van der Waals surface area contributed by atoms with Crippen molar-refractivity contribution in [3.8, 4) is 5.75 Å². The summed E-state index contributed by atoms with van der Waals surface area (Å²) in [6, 6.07) is 3.92. The van der Waals surface area contributed by atoms with Crippen LogP contribution in [0.5, 0.6) is 5.75 Å². The molecule has 2 aliphatic heterocycles. The molecule has 0 radical (unpaired) electrons. The summed E-state index contributed by atoms with van der Waals surface area (Å²) in [5.74, 6) is -0.152. The molecule has 0 bridgehead atoms. The van der Waals surface area contributed by atoms with Crippen LogP contribution in [0.25, 0.3) is 0 Å². The molecule has 2 heterocycles. The fourth-order valence-electron chi connectivity index (χ4n) is 3.88. The maximum absolute atomic E-state index is 12.4. The fraction of sp³-hybridized carbons (Fsp3) is 0.667. The van der Waals surface area contributed by atoms with Crippen molar-refractivity contribution in [3.63, 3.8) is 0 Å². The molecule has 3 rings (SSSR count). The van der Waals surface area contributed by atoms with E-state index in [1.54, 1.807) is 0 Å². The van der Waals surface area contributed by atoms with E-state index in [2.05, 4.69) is 4.74 Å². The summed E-state index contributed by atoms with van der Waals surface area (Å²) < 4.78 is 47.4. The molecule has 9 heteroatoms. The predicted octanol–water partition coefficient (Wildman–Crippen LogP) is 3.71. The second kappa shape index (κ2) is 8.03. The van der Waals surface area contributed by atoms with Crippen molar-refractivity contribution in [3.05, 3.63) is 23.2 Å². The van der Waals surface area contributed by atoms with E-state index in [4.69, 9.17) is 26.6 Å². The van der Waals surface area contributed by atoms with Gasteiger partial charge in [0.2, 0.25) is 0 Å². The van der Waals surface area contributed by atoms with E-state index in [1.807, 2.05) is 4.90 Å². The number of hydrogen-bond acceptors (Lipinski definition) is 5. The first-order chi connectivity index (χ1) is 12.7. The van der Waals surface area contributed by atoms with E-state index < -0.39 is 12.7 Å². The highest BCUT2D eigenvalue weighted by molar-refractivity contribution is 6.33. The van der Waals surface area contributed by atoms with Crippen molar-refractivity contribution >= 4 is 17.3 Å². The molecule has 0 aliphatic carbocycles. The lowest BCUT2D eigenvalue weighted by molar-refractivity contribution is -0.274. The number of rotatable bonds is 4. The second-order valence-electron chi connectivity index (χ2n) is 7.26. The minimum Gasteiger partial charge on any atom is -0.406 e. The van der Waals surface area contributed by atoms with Gasteiger partial charge < -0.3 is 24.6 Å². The Balaban J connectivity index is 1.60. The summed E-state index contributed by atoms with van der Waals surface area (Å²) >= 11 is 6.19. The zero-order valence-corrected chi connectivity index (χ0v) is 15.5. The van der Waals surface area contributed by atoms with Crippen molar-refractivity contribution in [2.24, 2.45) is 5.92 Å². The number of piperidine rings is 1. The first-order valence-electron chi connectivity index (χ1n) is 8.96. The Morgan fingerprint density at radius 2 is 1.96 bits per heavy atom. The second-order valence-corrected chi connectivity index (χ2v) is 7.67. The van der Waals surface area contributed by atoms with Crippen LogP contribution in [0.4, 0.5) is 18.9 Å². The molecule has 1 spiro atoms. The standard InChI is InChI=1S/C18H23ClF3NO4/c19-14-2-1-13(27-18(20,21)22)10-15(14)23-7-5-17(6-8-23)4-3-12(11-26-17)9-16(24)25/h1-2,10,12,16,24-25H,3-9,11H2. The third kappa shape index (κ3) is 5.40. The molecule has 5 nitrogen and oxygen atoms in total. The monoisotopic (exact) mass is 409 g/mol. The van der Waals surface area contributed by atoms with Crippen LogP contribution in [0, 0.1) is 5.92 Å². The van der Waals surface area contributed by atoms with Crippen molar-refractivity contribution in [2.45, 2.75) is 50.4 Å². The summed E-state index contributed by atoms with van der Waals surface area (Å²) in [6.07, 6.45) is -2.57. The average molecular weight is 410 g/mol. The number of benzene rings is 1. The number of nitrogens with zero attached hydrogens (tertiary/aromatic N) is 1. The molecule has 2 N–H and O–H groups in total. The Morgan fingerprint density at radius 1 is 1.26 bits per heavy atom. The Hall–Kier alpha value is -1.22. The van der Waals surface area contributed by atoms with Crippen LogP contribution in [-0.2, 0) is 4.74 Å². The van der Waals surface area contributed by atoms with Crippen LogP contribution in [0.2, 0.25) is 5.02 Å². The SMILES string of the molecule is OC(O)CC1CCC2(CCN(c3cc(OC(F)(F)F)ccc3Cl)CC2)OC1. The minimum absolute atomic E-state index is 0.138. The Labute approximate surface area is 160 Å². The highest BCUT2D eigenvalue weighted by Gasteiger charge is 2.40. The molecule has 27 heavy (non-hydrogen) atoms. The lowest BCUT2D eigenvalue weighted by atomic mass is 9.81. The molecular weight excluding hydrogens is 387 g/mol. The molecule has 0 aromatic heterocycles. The number of aliphatic hydroxyl groups is 2. The summed E-state index contributed by atoms with van der Waals surface area (Å²) in [4.78, 5) is 1.95. The maximum Gasteiger partial charge on any atom is 0.573 e. The van der Waals surface area contributed by atoms with Crippen LogP contribution < -0.4 is 9.64 Å². The zero-order chi connectivity index (χ0) is 19.7. The normalized spacial score (nSPS) is 23.1. The van der Waals surface area contributed by atoms with Gasteiger partial charge in [0.05, 0.1) is 22.9 Å². The van der Waals surface area contributed by atoms with Gasteiger partial charge in [-0.2, -0.15) is 0 Å². The van der Waals surface area contributed by atoms with E-state index in [9.17, 15) is 13.2 Å². The molecule has 1 aromatic rings. The van der Waals surface area contributed by atoms with Crippen molar-refractivity contribution in [2.75, 3.05) is 24.6 Å². The Morgan fingerprint density at radius 3 is 2.52 bits per heavy atom. The summed E-state index contributed by atoms with van der Waals surface area (Å²) in [7, 11) is 0. The predicted molar refractivity (Wildman–Crippen MR) is 93.8 cm³/mol. The van der Waals surface area contributed by atoms with Gasteiger partial charge in [0.15, 0.2) is 6.29 Å². The van der Waals surface area contributed by atoms with Gasteiger partial charge in [0, 0.05) is 25.6 Å². The zero-order valence-electron chi connectivity index (χ0n) is 14.7. The third-order valence-electron chi connectivity index (χ3n) is 5.34. The average Bonchev–Trinajstić information content (AvgIpc) is 2.58. The van der Waals surface area contributed by atoms with Crippen LogP contribution >= 0.6 is 11.6 Å². The lowest BCUT2D eigenvalue weighted by Crippen LogP contribution is -2.49. The van der Waals surface area contributed by atoms with E-state index in [-0.39, 0.29) is 17.3 Å². The van der Waals surface area contributed by atoms with Gasteiger partial charge in [-0.1, -0.05) is 11.6 Å². The third-order valence-corrected chi connectivity index (χ3v) is 5.66. The number of hydrogen-bond donors (Lipinski definition) is 2. The summed E-state index contributed by atoms with van der Waals surface area (Å²) in [5.41, 5.74) is 0.269. The first-order valence-corrected chi connectivity index (χ1v) is 9.34. The van der Waals surface area contributed by atoms with Gasteiger partial charge in [0.25, 0.3) is 0 Å². The van der Waals surface area contributed by atoms with Crippen LogP contribution in [0.3, 0.4) is 0 Å². The molecule has 2 saturated heterocycles. The van der Waals surface area contributed by atoms with Crippen LogP contribution in [-0.4, -0.2) is 48.2 Å². The van der Waals surface area contributed by atoms with Crippen molar-refractivity contribution in [1.29, 1.82) is 0 Å². The van der Waals surface area contributed by atoms with E-state index in [0.717, 1.165) is 25.7 Å². The largest absolute Gasteiger partial charge is 0.573 e. The quantitative estimate of drug-likeness (QED) is 0.742. The van der Waals surface area contributed by atoms with E-state index >= 15 is 0 Å². The minimum atomic E-state index is -4.74. The van der Waals surface area contributed by atoms with E-state index in [1.165, 1.54) is 18.2 Å². The molecule has 1 unspecified atom stereocenters. The molecule has 1 atom stereocenters. The van der Waals surface area contributed by atoms with Gasteiger partial charge in [-0.3, -0.25) is 0 Å². The van der Waals surface area contributed by atoms with Crippen LogP contribution in [0.15, 0.2) is 18.2 Å². The maximum atomic E-state index is 12.4. The first kappa shape index (κ1) is 20.5. The molecule has 0 amide bonds. The fourth-order valence-corrected chi connectivity index (χ4v) is 4.12. The highest BCUT2D eigenvalue weighted by atomic mass is 35.5. The van der Waals surface area contributed by atoms with Crippen LogP contribution in [0.1, 0.15) is 32.1 Å². The number of halogens is 4. The van der Waals surface area contributed by atoms with Gasteiger partial charge in [-0.05, 0) is 43.7 Å². The van der Waals surface area contributed by atoms with Crippen molar-refractivity contribution < 1.29 is 32.9 Å². The van der Waals surface area contributed by atoms with Gasteiger partial charge in [-0.15, -0.1) is 13.2 Å². The molecule has 1 aromatic carbocycles.